The zero-order valence-electron chi connectivity index (χ0n) is 11.6. The Bertz CT molecular complexity index is 469. The molecule has 1 heterocycles. The number of nitrogens with two attached hydrogens (primary N) is 1. The zero-order valence-corrected chi connectivity index (χ0v) is 11.6. The van der Waals surface area contributed by atoms with Crippen LogP contribution in [0.1, 0.15) is 43.1 Å². The van der Waals surface area contributed by atoms with Crippen molar-refractivity contribution in [2.45, 2.75) is 38.1 Å². The van der Waals surface area contributed by atoms with E-state index in [9.17, 15) is 9.90 Å². The van der Waals surface area contributed by atoms with Crippen molar-refractivity contribution >= 4 is 11.6 Å². The molecule has 1 aromatic rings. The number of carbonyl (C=O) groups excluding carboxylic acids is 1. The van der Waals surface area contributed by atoms with Gasteiger partial charge in [0.25, 0.3) is 5.91 Å². The number of nitrogens with one attached hydrogen (secondary N) is 1. The van der Waals surface area contributed by atoms with Crippen LogP contribution in [0.5, 0.6) is 0 Å². The van der Waals surface area contributed by atoms with E-state index in [1.807, 2.05) is 0 Å². The van der Waals surface area contributed by atoms with Crippen LogP contribution < -0.4 is 11.1 Å². The van der Waals surface area contributed by atoms with Crippen LogP contribution >= 0.6 is 0 Å². The van der Waals surface area contributed by atoms with Gasteiger partial charge in [0, 0.05) is 13.2 Å². The molecule has 106 valence electrons. The first kappa shape index (κ1) is 13.9. The largest absolute Gasteiger partial charge is 0.397 e. The molecule has 1 fully saturated rings. The van der Waals surface area contributed by atoms with Crippen LogP contribution in [0.15, 0.2) is 12.3 Å². The molecule has 0 bridgehead atoms. The molecular formula is C14H23N3O2. The SMILES string of the molecule is CC1CCCC(CO)(NC(=O)c2cc(N)cn2C)C1. The van der Waals surface area contributed by atoms with Crippen LogP contribution in [-0.4, -0.2) is 27.7 Å². The fourth-order valence-corrected chi connectivity index (χ4v) is 3.08. The number of hydrogen-bond donors (Lipinski definition) is 3. The maximum absolute atomic E-state index is 12.3. The zero-order chi connectivity index (χ0) is 14.0. The maximum Gasteiger partial charge on any atom is 0.268 e. The van der Waals surface area contributed by atoms with Gasteiger partial charge in [-0.05, 0) is 24.8 Å². The minimum atomic E-state index is -0.478. The molecule has 2 atom stereocenters. The highest BCUT2D eigenvalue weighted by molar-refractivity contribution is 5.94. The highest BCUT2D eigenvalue weighted by Crippen LogP contribution is 2.32. The second-order valence-corrected chi connectivity index (χ2v) is 5.86. The Kier molecular flexibility index (Phi) is 3.85. The molecule has 1 aliphatic rings. The van der Waals surface area contributed by atoms with Gasteiger partial charge in [0.2, 0.25) is 0 Å². The van der Waals surface area contributed by atoms with Gasteiger partial charge in [0.15, 0.2) is 0 Å². The van der Waals surface area contributed by atoms with E-state index in [0.29, 0.717) is 17.3 Å². The lowest BCUT2D eigenvalue weighted by atomic mass is 9.77. The summed E-state index contributed by atoms with van der Waals surface area (Å²) in [5, 5.41) is 12.7. The van der Waals surface area contributed by atoms with Crippen molar-refractivity contribution < 1.29 is 9.90 Å². The third-order valence-corrected chi connectivity index (χ3v) is 4.03. The second kappa shape index (κ2) is 5.25. The van der Waals surface area contributed by atoms with E-state index in [4.69, 9.17) is 5.73 Å². The quantitative estimate of drug-likeness (QED) is 0.770. The number of aryl methyl sites for hydroxylation is 1. The predicted molar refractivity (Wildman–Crippen MR) is 74.7 cm³/mol. The first-order chi connectivity index (χ1) is 8.96. The van der Waals surface area contributed by atoms with Crippen LogP contribution in [0, 0.1) is 5.92 Å². The smallest absolute Gasteiger partial charge is 0.268 e. The lowest BCUT2D eigenvalue weighted by Crippen LogP contribution is -2.54. The number of aliphatic hydroxyl groups excluding tert-OH is 1. The topological polar surface area (TPSA) is 80.3 Å². The Morgan fingerprint density at radius 2 is 2.42 bits per heavy atom. The Balaban J connectivity index is 2.14. The number of carbonyl (C=O) groups is 1. The molecule has 2 rings (SSSR count). The number of rotatable bonds is 3. The summed E-state index contributed by atoms with van der Waals surface area (Å²) in [5.74, 6) is 0.363. The average Bonchev–Trinajstić information content (AvgIpc) is 2.68. The summed E-state index contributed by atoms with van der Waals surface area (Å²) in [6, 6.07) is 1.66. The molecule has 4 N–H and O–H groups in total. The van der Waals surface area contributed by atoms with Crippen molar-refractivity contribution in [3.63, 3.8) is 0 Å². The molecular weight excluding hydrogens is 242 g/mol. The van der Waals surface area contributed by atoms with Crippen molar-refractivity contribution in [2.75, 3.05) is 12.3 Å². The molecule has 19 heavy (non-hydrogen) atoms. The normalized spacial score (nSPS) is 27.2. The van der Waals surface area contributed by atoms with E-state index in [0.717, 1.165) is 25.7 Å². The number of amides is 1. The summed E-state index contributed by atoms with van der Waals surface area (Å²) >= 11 is 0. The molecule has 1 saturated carbocycles. The van der Waals surface area contributed by atoms with E-state index < -0.39 is 5.54 Å². The Hall–Kier alpha value is -1.49. The first-order valence-electron chi connectivity index (χ1n) is 6.81. The molecule has 0 aliphatic heterocycles. The highest BCUT2D eigenvalue weighted by Gasteiger charge is 2.36. The van der Waals surface area contributed by atoms with Crippen LogP contribution in [0.2, 0.25) is 0 Å². The molecule has 2 unspecified atom stereocenters. The molecule has 1 aromatic heterocycles. The number of aromatic nitrogens is 1. The van der Waals surface area contributed by atoms with Crippen LogP contribution in [0.25, 0.3) is 0 Å². The molecule has 0 spiro atoms. The molecule has 1 aliphatic carbocycles. The van der Waals surface area contributed by atoms with Gasteiger partial charge in [0.1, 0.15) is 5.69 Å². The highest BCUT2D eigenvalue weighted by atomic mass is 16.3. The number of nitrogen functional groups attached to an aromatic ring is 1. The molecule has 5 nitrogen and oxygen atoms in total. The van der Waals surface area contributed by atoms with Gasteiger partial charge >= 0.3 is 0 Å². The lowest BCUT2D eigenvalue weighted by Gasteiger charge is -2.39. The molecule has 0 radical (unpaired) electrons. The number of hydrogen-bond acceptors (Lipinski definition) is 3. The third-order valence-electron chi connectivity index (χ3n) is 4.03. The van der Waals surface area contributed by atoms with E-state index in [1.54, 1.807) is 23.9 Å². The Labute approximate surface area is 113 Å². The van der Waals surface area contributed by atoms with Gasteiger partial charge in [-0.1, -0.05) is 19.8 Å². The van der Waals surface area contributed by atoms with E-state index in [-0.39, 0.29) is 12.5 Å². The van der Waals surface area contributed by atoms with Crippen molar-refractivity contribution in [2.24, 2.45) is 13.0 Å². The number of nitrogens with zero attached hydrogens (tertiary/aromatic N) is 1. The summed E-state index contributed by atoms with van der Waals surface area (Å²) in [7, 11) is 1.79. The molecule has 1 amide bonds. The average molecular weight is 265 g/mol. The van der Waals surface area contributed by atoms with Gasteiger partial charge in [-0.25, -0.2) is 0 Å². The van der Waals surface area contributed by atoms with Crippen molar-refractivity contribution in [3.05, 3.63) is 18.0 Å². The van der Waals surface area contributed by atoms with Crippen LogP contribution in [0.3, 0.4) is 0 Å². The van der Waals surface area contributed by atoms with Gasteiger partial charge in [-0.3, -0.25) is 4.79 Å². The molecule has 0 saturated heterocycles. The fourth-order valence-electron chi connectivity index (χ4n) is 3.08. The Morgan fingerprint density at radius 3 is 2.95 bits per heavy atom. The van der Waals surface area contributed by atoms with E-state index in [1.165, 1.54) is 0 Å². The predicted octanol–water partition coefficient (Wildman–Crippen LogP) is 1.28. The third kappa shape index (κ3) is 2.92. The van der Waals surface area contributed by atoms with Gasteiger partial charge in [-0.2, -0.15) is 0 Å². The fraction of sp³-hybridized carbons (Fsp3) is 0.643. The second-order valence-electron chi connectivity index (χ2n) is 5.86. The lowest BCUT2D eigenvalue weighted by molar-refractivity contribution is 0.0690. The van der Waals surface area contributed by atoms with Crippen LogP contribution in [0.4, 0.5) is 5.69 Å². The molecule has 5 heteroatoms. The standard InChI is InChI=1S/C14H23N3O2/c1-10-4-3-5-14(7-10,9-18)16-13(19)12-6-11(15)8-17(12)2/h6,8,10,18H,3-5,7,9,15H2,1-2H3,(H,16,19). The van der Waals surface area contributed by atoms with Crippen molar-refractivity contribution in [1.82, 2.24) is 9.88 Å². The number of anilines is 1. The summed E-state index contributed by atoms with van der Waals surface area (Å²) in [6.45, 7) is 2.15. The van der Waals surface area contributed by atoms with E-state index >= 15 is 0 Å². The first-order valence-corrected chi connectivity index (χ1v) is 6.81. The minimum Gasteiger partial charge on any atom is -0.397 e. The summed E-state index contributed by atoms with van der Waals surface area (Å²) in [6.07, 6.45) is 5.57. The van der Waals surface area contributed by atoms with Crippen LogP contribution in [-0.2, 0) is 7.05 Å². The van der Waals surface area contributed by atoms with E-state index in [2.05, 4.69) is 12.2 Å². The summed E-state index contributed by atoms with van der Waals surface area (Å²) < 4.78 is 1.71. The minimum absolute atomic E-state index is 0.0109. The van der Waals surface area contributed by atoms with Gasteiger partial charge in [0.05, 0.1) is 17.8 Å². The Morgan fingerprint density at radius 1 is 1.68 bits per heavy atom. The summed E-state index contributed by atoms with van der Waals surface area (Å²) in [4.78, 5) is 12.3. The monoisotopic (exact) mass is 265 g/mol. The van der Waals surface area contributed by atoms with Crippen molar-refractivity contribution in [3.8, 4) is 0 Å². The molecule has 0 aromatic carbocycles. The van der Waals surface area contributed by atoms with Gasteiger partial charge < -0.3 is 20.7 Å². The van der Waals surface area contributed by atoms with Crippen molar-refractivity contribution in [1.29, 1.82) is 0 Å². The summed E-state index contributed by atoms with van der Waals surface area (Å²) in [5.41, 5.74) is 6.31. The number of aliphatic hydroxyl groups is 1. The maximum atomic E-state index is 12.3. The van der Waals surface area contributed by atoms with Gasteiger partial charge in [-0.15, -0.1) is 0 Å².